The first kappa shape index (κ1) is 19.0. The van der Waals surface area contributed by atoms with Gasteiger partial charge in [-0.3, -0.25) is 5.32 Å². The zero-order valence-corrected chi connectivity index (χ0v) is 16.4. The van der Waals surface area contributed by atoms with Crippen LogP contribution in [0.15, 0.2) is 30.3 Å². The maximum absolute atomic E-state index is 12.4. The van der Waals surface area contributed by atoms with Crippen LogP contribution in [0.5, 0.6) is 0 Å². The molecule has 0 aliphatic carbocycles. The Morgan fingerprint density at radius 3 is 2.12 bits per heavy atom. The first-order valence-electron chi connectivity index (χ1n) is 8.78. The van der Waals surface area contributed by atoms with Crippen LogP contribution in [0.4, 0.5) is 16.3 Å². The largest absolute Gasteiger partial charge is 0.324 e. The Hall–Kier alpha value is -2.30. The highest BCUT2D eigenvalue weighted by Gasteiger charge is 2.25. The van der Waals surface area contributed by atoms with Crippen LogP contribution in [0.1, 0.15) is 59.7 Å². The van der Waals surface area contributed by atoms with Gasteiger partial charge in [0.25, 0.3) is 0 Å². The number of rotatable bonds is 3. The van der Waals surface area contributed by atoms with Crippen molar-refractivity contribution in [1.82, 2.24) is 9.78 Å². The fraction of sp³-hybridized carbons (Fsp3) is 0.500. The van der Waals surface area contributed by atoms with Gasteiger partial charge in [0.2, 0.25) is 0 Å². The van der Waals surface area contributed by atoms with Gasteiger partial charge in [-0.1, -0.05) is 39.8 Å². The minimum absolute atomic E-state index is 0.0839. The smallest absolute Gasteiger partial charge is 0.308 e. The van der Waals surface area contributed by atoms with E-state index in [0.29, 0.717) is 5.82 Å². The van der Waals surface area contributed by atoms with Gasteiger partial charge in [0.15, 0.2) is 0 Å². The number of carbonyl (C=O) groups excluding carboxylic acids is 1. The summed E-state index contributed by atoms with van der Waals surface area (Å²) in [6, 6.07) is 9.56. The lowest BCUT2D eigenvalue weighted by atomic mass is 9.92. The van der Waals surface area contributed by atoms with E-state index in [-0.39, 0.29) is 17.0 Å². The van der Waals surface area contributed by atoms with Gasteiger partial charge in [-0.2, -0.15) is 5.10 Å². The number of urea groups is 1. The van der Waals surface area contributed by atoms with Gasteiger partial charge in [-0.25, -0.2) is 9.48 Å². The summed E-state index contributed by atoms with van der Waals surface area (Å²) in [5, 5.41) is 10.5. The van der Waals surface area contributed by atoms with Crippen LogP contribution in [0.25, 0.3) is 0 Å². The molecule has 0 atom stereocenters. The minimum atomic E-state index is -0.268. The van der Waals surface area contributed by atoms with Gasteiger partial charge in [0, 0.05) is 17.2 Å². The summed E-state index contributed by atoms with van der Waals surface area (Å²) in [7, 11) is 0. The lowest BCUT2D eigenvalue weighted by molar-refractivity contribution is 0.261. The molecule has 0 fully saturated rings. The number of nitrogens with one attached hydrogen (secondary N) is 2. The first-order chi connectivity index (χ1) is 11.5. The van der Waals surface area contributed by atoms with Gasteiger partial charge in [0.05, 0.1) is 11.2 Å². The van der Waals surface area contributed by atoms with Gasteiger partial charge < -0.3 is 5.32 Å². The molecule has 0 bridgehead atoms. The lowest BCUT2D eigenvalue weighted by Crippen LogP contribution is -2.28. The van der Waals surface area contributed by atoms with Crippen molar-refractivity contribution < 1.29 is 4.79 Å². The zero-order chi connectivity index (χ0) is 18.8. The Morgan fingerprint density at radius 1 is 1.04 bits per heavy atom. The van der Waals surface area contributed by atoms with Crippen molar-refractivity contribution in [3.05, 3.63) is 41.6 Å². The van der Waals surface area contributed by atoms with Gasteiger partial charge in [-0.15, -0.1) is 0 Å². The zero-order valence-electron chi connectivity index (χ0n) is 16.4. The minimum Gasteiger partial charge on any atom is -0.308 e. The van der Waals surface area contributed by atoms with Crippen molar-refractivity contribution in [2.75, 3.05) is 10.6 Å². The maximum Gasteiger partial charge on any atom is 0.324 e. The first-order valence-corrected chi connectivity index (χ1v) is 8.78. The van der Waals surface area contributed by atoms with Crippen molar-refractivity contribution in [3.63, 3.8) is 0 Å². The summed E-state index contributed by atoms with van der Waals surface area (Å²) in [4.78, 5) is 12.4. The van der Waals surface area contributed by atoms with Gasteiger partial charge in [0.1, 0.15) is 5.82 Å². The van der Waals surface area contributed by atoms with Crippen molar-refractivity contribution in [1.29, 1.82) is 0 Å². The van der Waals surface area contributed by atoms with Gasteiger partial charge in [-0.05, 0) is 44.9 Å². The van der Waals surface area contributed by atoms with Crippen molar-refractivity contribution in [3.8, 4) is 0 Å². The van der Waals surface area contributed by atoms with Gasteiger partial charge >= 0.3 is 6.03 Å². The highest BCUT2D eigenvalue weighted by atomic mass is 16.2. The van der Waals surface area contributed by atoms with E-state index >= 15 is 0 Å². The number of amides is 2. The molecule has 136 valence electrons. The van der Waals surface area contributed by atoms with E-state index < -0.39 is 0 Å². The summed E-state index contributed by atoms with van der Waals surface area (Å²) in [6.45, 7) is 14.6. The quantitative estimate of drug-likeness (QED) is 0.811. The molecule has 2 rings (SSSR count). The molecule has 5 heteroatoms. The molecule has 0 radical (unpaired) electrons. The number of carbonyl (C=O) groups is 1. The number of anilines is 2. The third-order valence-electron chi connectivity index (χ3n) is 3.97. The third-order valence-corrected chi connectivity index (χ3v) is 3.97. The highest BCUT2D eigenvalue weighted by Crippen LogP contribution is 2.28. The molecule has 1 aromatic carbocycles. The molecule has 0 saturated carbocycles. The molecule has 2 amide bonds. The monoisotopic (exact) mass is 342 g/mol. The predicted molar refractivity (Wildman–Crippen MR) is 104 cm³/mol. The normalized spacial score (nSPS) is 12.1. The molecule has 0 spiro atoms. The number of nitrogens with zero attached hydrogens (tertiary/aromatic N) is 2. The molecule has 0 unspecified atom stereocenters. The second-order valence-electron chi connectivity index (χ2n) is 8.38. The topological polar surface area (TPSA) is 59.0 Å². The van der Waals surface area contributed by atoms with E-state index in [9.17, 15) is 4.79 Å². The summed E-state index contributed by atoms with van der Waals surface area (Å²) < 4.78 is 1.87. The molecule has 0 saturated heterocycles. The molecule has 1 heterocycles. The molecule has 5 nitrogen and oxygen atoms in total. The van der Waals surface area contributed by atoms with Crippen molar-refractivity contribution >= 4 is 17.5 Å². The average molecular weight is 342 g/mol. The Morgan fingerprint density at radius 2 is 1.64 bits per heavy atom. The van der Waals surface area contributed by atoms with Crippen LogP contribution in [-0.2, 0) is 17.4 Å². The summed E-state index contributed by atoms with van der Waals surface area (Å²) in [5.74, 6) is 0.695. The number of hydrogen-bond acceptors (Lipinski definition) is 2. The summed E-state index contributed by atoms with van der Waals surface area (Å²) in [5.41, 5.74) is 2.65. The standard InChI is InChI=1S/C20H30N4O/c1-8-14-9-11-15(12-10-14)21-18(25)22-17-13-16(19(2,3)4)23-24(17)20(5,6)7/h9-13H,8H2,1-7H3,(H2,21,22,25). The van der Waals surface area contributed by atoms with Crippen LogP contribution < -0.4 is 10.6 Å². The Kier molecular flexibility index (Phi) is 5.26. The maximum atomic E-state index is 12.4. The molecule has 1 aromatic heterocycles. The second kappa shape index (κ2) is 6.90. The summed E-state index contributed by atoms with van der Waals surface area (Å²) in [6.07, 6.45) is 0.979. The van der Waals surface area contributed by atoms with E-state index in [2.05, 4.69) is 59.1 Å². The molecule has 0 aliphatic heterocycles. The van der Waals surface area contributed by atoms with E-state index in [1.165, 1.54) is 5.56 Å². The number of aromatic nitrogens is 2. The van der Waals surface area contributed by atoms with Crippen LogP contribution in [-0.4, -0.2) is 15.8 Å². The van der Waals surface area contributed by atoms with Crippen LogP contribution >= 0.6 is 0 Å². The third kappa shape index (κ3) is 4.84. The molecule has 25 heavy (non-hydrogen) atoms. The molecular formula is C20H30N4O. The average Bonchev–Trinajstić information content (AvgIpc) is 2.92. The Labute approximate surface area is 150 Å². The van der Waals surface area contributed by atoms with Crippen LogP contribution in [0, 0.1) is 0 Å². The van der Waals surface area contributed by atoms with Crippen LogP contribution in [0.2, 0.25) is 0 Å². The Bertz CT molecular complexity index is 731. The molecule has 0 aliphatic rings. The highest BCUT2D eigenvalue weighted by molar-refractivity contribution is 5.99. The fourth-order valence-corrected chi connectivity index (χ4v) is 2.45. The molecular weight excluding hydrogens is 312 g/mol. The van der Waals surface area contributed by atoms with E-state index in [0.717, 1.165) is 17.8 Å². The van der Waals surface area contributed by atoms with Crippen LogP contribution in [0.3, 0.4) is 0 Å². The second-order valence-corrected chi connectivity index (χ2v) is 8.38. The van der Waals surface area contributed by atoms with Crippen molar-refractivity contribution in [2.24, 2.45) is 0 Å². The van der Waals surface area contributed by atoms with Crippen molar-refractivity contribution in [2.45, 2.75) is 65.8 Å². The van der Waals surface area contributed by atoms with E-state index in [4.69, 9.17) is 5.10 Å². The predicted octanol–water partition coefficient (Wildman–Crippen LogP) is 5.14. The van der Waals surface area contributed by atoms with E-state index in [1.54, 1.807) is 0 Å². The number of hydrogen-bond donors (Lipinski definition) is 2. The van der Waals surface area contributed by atoms with E-state index in [1.807, 2.05) is 35.0 Å². The SMILES string of the molecule is CCc1ccc(NC(=O)Nc2cc(C(C)(C)C)nn2C(C)(C)C)cc1. The fourth-order valence-electron chi connectivity index (χ4n) is 2.45. The number of benzene rings is 1. The Balaban J connectivity index is 2.20. The molecule has 2 aromatic rings. The molecule has 2 N–H and O–H groups in total. The summed E-state index contributed by atoms with van der Waals surface area (Å²) >= 11 is 0. The lowest BCUT2D eigenvalue weighted by Gasteiger charge is -2.23. The number of aryl methyl sites for hydroxylation is 1.